The van der Waals surface area contributed by atoms with Gasteiger partial charge in [-0.15, -0.1) is 0 Å². The quantitative estimate of drug-likeness (QED) is 0.526. The number of amidine groups is 1. The number of hydrogen-bond donors (Lipinski definition) is 1. The SMILES string of the molecule is N=C(c1cccnc1)N1CCOCC1. The van der Waals surface area contributed by atoms with Gasteiger partial charge in [0.25, 0.3) is 0 Å². The lowest BCUT2D eigenvalue weighted by molar-refractivity contribution is 0.0680. The number of pyridine rings is 1. The minimum absolute atomic E-state index is 0.543. The second kappa shape index (κ2) is 4.19. The molecule has 1 saturated heterocycles. The maximum atomic E-state index is 7.95. The fraction of sp³-hybridized carbons (Fsp3) is 0.400. The van der Waals surface area contributed by atoms with Crippen molar-refractivity contribution >= 4 is 5.84 Å². The predicted molar refractivity (Wildman–Crippen MR) is 53.5 cm³/mol. The van der Waals surface area contributed by atoms with E-state index in [2.05, 4.69) is 4.98 Å². The Hall–Kier alpha value is -1.42. The van der Waals surface area contributed by atoms with Crippen LogP contribution < -0.4 is 0 Å². The highest BCUT2D eigenvalue weighted by atomic mass is 16.5. The molecule has 1 aliphatic heterocycles. The number of hydrogen-bond acceptors (Lipinski definition) is 3. The van der Waals surface area contributed by atoms with Crippen LogP contribution in [0.2, 0.25) is 0 Å². The summed E-state index contributed by atoms with van der Waals surface area (Å²) in [5.41, 5.74) is 0.870. The highest BCUT2D eigenvalue weighted by Gasteiger charge is 2.14. The number of nitrogens with one attached hydrogen (secondary N) is 1. The third-order valence-corrected chi connectivity index (χ3v) is 2.26. The first-order valence-electron chi connectivity index (χ1n) is 4.69. The Balaban J connectivity index is 2.07. The zero-order valence-corrected chi connectivity index (χ0v) is 7.94. The zero-order chi connectivity index (χ0) is 9.80. The molecule has 2 rings (SSSR count). The third kappa shape index (κ3) is 1.90. The molecule has 1 fully saturated rings. The number of ether oxygens (including phenoxy) is 1. The summed E-state index contributed by atoms with van der Waals surface area (Å²) in [6, 6.07) is 3.76. The third-order valence-electron chi connectivity index (χ3n) is 2.26. The fourth-order valence-electron chi connectivity index (χ4n) is 1.47. The summed E-state index contributed by atoms with van der Waals surface area (Å²) in [6.45, 7) is 3.02. The van der Waals surface area contributed by atoms with Gasteiger partial charge in [0.15, 0.2) is 0 Å². The van der Waals surface area contributed by atoms with E-state index in [0.717, 1.165) is 18.7 Å². The standard InChI is InChI=1S/C10H13N3O/c11-10(9-2-1-3-12-8-9)13-4-6-14-7-5-13/h1-3,8,11H,4-7H2. The molecule has 2 heterocycles. The van der Waals surface area contributed by atoms with Crippen LogP contribution in [-0.4, -0.2) is 42.0 Å². The van der Waals surface area contributed by atoms with Crippen molar-refractivity contribution in [1.29, 1.82) is 5.41 Å². The van der Waals surface area contributed by atoms with E-state index in [1.54, 1.807) is 12.4 Å². The molecule has 1 aromatic heterocycles. The lowest BCUT2D eigenvalue weighted by Crippen LogP contribution is -2.40. The Morgan fingerprint density at radius 3 is 2.86 bits per heavy atom. The maximum absolute atomic E-state index is 7.95. The van der Waals surface area contributed by atoms with E-state index in [-0.39, 0.29) is 0 Å². The van der Waals surface area contributed by atoms with Gasteiger partial charge in [-0.05, 0) is 12.1 Å². The van der Waals surface area contributed by atoms with Crippen molar-refractivity contribution in [3.8, 4) is 0 Å². The van der Waals surface area contributed by atoms with Gasteiger partial charge in [-0.2, -0.15) is 0 Å². The first-order valence-corrected chi connectivity index (χ1v) is 4.69. The topological polar surface area (TPSA) is 49.2 Å². The van der Waals surface area contributed by atoms with E-state index in [4.69, 9.17) is 10.1 Å². The summed E-state index contributed by atoms with van der Waals surface area (Å²) in [5, 5.41) is 7.95. The van der Waals surface area contributed by atoms with E-state index < -0.39 is 0 Å². The Morgan fingerprint density at radius 1 is 1.43 bits per heavy atom. The minimum Gasteiger partial charge on any atom is -0.378 e. The molecule has 0 bridgehead atoms. The van der Waals surface area contributed by atoms with E-state index >= 15 is 0 Å². The van der Waals surface area contributed by atoms with Crippen molar-refractivity contribution in [2.75, 3.05) is 26.3 Å². The van der Waals surface area contributed by atoms with Crippen LogP contribution in [0.25, 0.3) is 0 Å². The maximum Gasteiger partial charge on any atom is 0.129 e. The minimum atomic E-state index is 0.543. The molecule has 4 heteroatoms. The van der Waals surface area contributed by atoms with Crippen LogP contribution in [0.4, 0.5) is 0 Å². The van der Waals surface area contributed by atoms with Crippen molar-refractivity contribution in [2.24, 2.45) is 0 Å². The summed E-state index contributed by atoms with van der Waals surface area (Å²) in [7, 11) is 0. The molecule has 0 aromatic carbocycles. The second-order valence-electron chi connectivity index (χ2n) is 3.19. The lowest BCUT2D eigenvalue weighted by atomic mass is 10.2. The largest absolute Gasteiger partial charge is 0.378 e. The van der Waals surface area contributed by atoms with Crippen LogP contribution >= 0.6 is 0 Å². The van der Waals surface area contributed by atoms with Gasteiger partial charge in [-0.25, -0.2) is 0 Å². The molecule has 0 unspecified atom stereocenters. The molecule has 0 saturated carbocycles. The van der Waals surface area contributed by atoms with Gasteiger partial charge in [0.05, 0.1) is 13.2 Å². The van der Waals surface area contributed by atoms with Gasteiger partial charge < -0.3 is 9.64 Å². The van der Waals surface area contributed by atoms with Gasteiger partial charge in [-0.1, -0.05) is 0 Å². The first-order chi connectivity index (χ1) is 6.88. The van der Waals surface area contributed by atoms with Crippen molar-refractivity contribution in [1.82, 2.24) is 9.88 Å². The van der Waals surface area contributed by atoms with Crippen molar-refractivity contribution < 1.29 is 4.74 Å². The zero-order valence-electron chi connectivity index (χ0n) is 7.94. The molecule has 0 spiro atoms. The van der Waals surface area contributed by atoms with E-state index in [0.29, 0.717) is 19.0 Å². The van der Waals surface area contributed by atoms with Crippen molar-refractivity contribution in [3.05, 3.63) is 30.1 Å². The molecular weight excluding hydrogens is 178 g/mol. The monoisotopic (exact) mass is 191 g/mol. The Bertz CT molecular complexity index is 306. The van der Waals surface area contributed by atoms with Gasteiger partial charge in [-0.3, -0.25) is 10.4 Å². The van der Waals surface area contributed by atoms with Crippen LogP contribution in [-0.2, 0) is 4.74 Å². The molecule has 4 nitrogen and oxygen atoms in total. The summed E-state index contributed by atoms with van der Waals surface area (Å²) in [6.07, 6.45) is 3.44. The van der Waals surface area contributed by atoms with Crippen LogP contribution in [0, 0.1) is 5.41 Å². The van der Waals surface area contributed by atoms with E-state index in [9.17, 15) is 0 Å². The number of nitrogens with zero attached hydrogens (tertiary/aromatic N) is 2. The van der Waals surface area contributed by atoms with Gasteiger partial charge >= 0.3 is 0 Å². The molecule has 0 radical (unpaired) electrons. The Labute approximate surface area is 83.0 Å². The summed E-state index contributed by atoms with van der Waals surface area (Å²) >= 11 is 0. The highest BCUT2D eigenvalue weighted by Crippen LogP contribution is 2.05. The smallest absolute Gasteiger partial charge is 0.129 e. The Kier molecular flexibility index (Phi) is 2.74. The summed E-state index contributed by atoms with van der Waals surface area (Å²) < 4.78 is 5.23. The number of morpholine rings is 1. The normalized spacial score (nSPS) is 16.7. The van der Waals surface area contributed by atoms with Crippen molar-refractivity contribution in [2.45, 2.75) is 0 Å². The van der Waals surface area contributed by atoms with Crippen LogP contribution in [0.15, 0.2) is 24.5 Å². The van der Waals surface area contributed by atoms with Crippen LogP contribution in [0.5, 0.6) is 0 Å². The summed E-state index contributed by atoms with van der Waals surface area (Å²) in [5.74, 6) is 0.543. The average molecular weight is 191 g/mol. The molecule has 1 aliphatic rings. The van der Waals surface area contributed by atoms with Crippen molar-refractivity contribution in [3.63, 3.8) is 0 Å². The van der Waals surface area contributed by atoms with Gasteiger partial charge in [0, 0.05) is 31.0 Å². The van der Waals surface area contributed by atoms with E-state index in [1.807, 2.05) is 17.0 Å². The molecule has 0 amide bonds. The van der Waals surface area contributed by atoms with Crippen LogP contribution in [0.3, 0.4) is 0 Å². The van der Waals surface area contributed by atoms with Crippen LogP contribution in [0.1, 0.15) is 5.56 Å². The first kappa shape index (κ1) is 9.15. The fourth-order valence-corrected chi connectivity index (χ4v) is 1.47. The molecule has 14 heavy (non-hydrogen) atoms. The highest BCUT2D eigenvalue weighted by molar-refractivity contribution is 5.96. The molecule has 1 aromatic rings. The molecule has 0 aliphatic carbocycles. The second-order valence-corrected chi connectivity index (χ2v) is 3.19. The average Bonchev–Trinajstić information content (AvgIpc) is 2.30. The molecular formula is C10H13N3O. The summed E-state index contributed by atoms with van der Waals surface area (Å²) in [4.78, 5) is 6.02. The van der Waals surface area contributed by atoms with E-state index in [1.165, 1.54) is 0 Å². The Morgan fingerprint density at radius 2 is 2.21 bits per heavy atom. The predicted octanol–water partition coefficient (Wildman–Crippen LogP) is 0.739. The lowest BCUT2D eigenvalue weighted by Gasteiger charge is -2.28. The molecule has 1 N–H and O–H groups in total. The number of rotatable bonds is 1. The number of aromatic nitrogens is 1. The van der Waals surface area contributed by atoms with Gasteiger partial charge in [0.2, 0.25) is 0 Å². The molecule has 74 valence electrons. The van der Waals surface area contributed by atoms with Gasteiger partial charge in [0.1, 0.15) is 5.84 Å². The molecule has 0 atom stereocenters.